The van der Waals surface area contributed by atoms with Gasteiger partial charge in [-0.1, -0.05) is 152 Å². The summed E-state index contributed by atoms with van der Waals surface area (Å²) in [5, 5.41) is 22.6. The van der Waals surface area contributed by atoms with E-state index >= 15 is 0 Å². The molecule has 0 amide bonds. The van der Waals surface area contributed by atoms with Crippen molar-refractivity contribution in [2.45, 2.75) is 13.2 Å². The Balaban J connectivity index is 0.000000235. The van der Waals surface area contributed by atoms with Crippen molar-refractivity contribution in [2.24, 2.45) is 0 Å². The molecular weight excluding hydrogens is 1020 g/mol. The molecule has 0 radical (unpaired) electrons. The van der Waals surface area contributed by atoms with Crippen LogP contribution in [0.2, 0.25) is 10.0 Å². The van der Waals surface area contributed by atoms with Gasteiger partial charge in [0.05, 0.1) is 52.8 Å². The van der Waals surface area contributed by atoms with Gasteiger partial charge in [0.2, 0.25) is 11.5 Å². The normalized spacial score (nSPS) is 10.5. The molecule has 18 heteroatoms. The van der Waals surface area contributed by atoms with Gasteiger partial charge in [-0.25, -0.2) is 0 Å². The highest BCUT2D eigenvalue weighted by Crippen LogP contribution is 2.47. The molecule has 6 aromatic rings. The predicted molar refractivity (Wildman–Crippen MR) is 245 cm³/mol. The molecule has 0 fully saturated rings. The summed E-state index contributed by atoms with van der Waals surface area (Å²) in [5.74, 6) is -0.964. The highest BCUT2D eigenvalue weighted by atomic mass is 79.9. The van der Waals surface area contributed by atoms with Crippen LogP contribution in [0.3, 0.4) is 0 Å². The number of nitro benzene ring substituents is 2. The van der Waals surface area contributed by atoms with Crippen LogP contribution in [-0.2, 0) is 13.2 Å². The van der Waals surface area contributed by atoms with E-state index in [9.17, 15) is 39.4 Å². The first-order chi connectivity index (χ1) is 29.7. The maximum absolute atomic E-state index is 12.5. The van der Waals surface area contributed by atoms with Crippen LogP contribution < -0.4 is 9.47 Å². The zero-order valence-corrected chi connectivity index (χ0v) is 37.8. The van der Waals surface area contributed by atoms with Crippen LogP contribution in [0.15, 0.2) is 121 Å². The summed E-state index contributed by atoms with van der Waals surface area (Å²) in [5.41, 5.74) is 1.98. The van der Waals surface area contributed by atoms with Gasteiger partial charge in [0.1, 0.15) is 13.2 Å². The summed E-state index contributed by atoms with van der Waals surface area (Å²) in [6.07, 6.45) is 0. The first-order valence-corrected chi connectivity index (χ1v) is 21.6. The Bertz CT molecular complexity index is 2670. The highest BCUT2D eigenvalue weighted by Gasteiger charge is 2.33. The second kappa shape index (κ2) is 22.0. The molecule has 0 spiro atoms. The number of benzene rings is 6. The number of halogens is 6. The lowest BCUT2D eigenvalue weighted by Gasteiger charge is -2.15. The Morgan fingerprint density at radius 1 is 0.532 bits per heavy atom. The van der Waals surface area contributed by atoms with Gasteiger partial charge >= 0.3 is 11.4 Å². The van der Waals surface area contributed by atoms with E-state index in [1.54, 1.807) is 48.5 Å². The van der Waals surface area contributed by atoms with Crippen molar-refractivity contribution in [2.75, 3.05) is 10.7 Å². The summed E-state index contributed by atoms with van der Waals surface area (Å²) < 4.78 is 11.5. The minimum absolute atomic E-state index is 0.0179. The maximum atomic E-state index is 12.5. The van der Waals surface area contributed by atoms with Crippen molar-refractivity contribution in [3.63, 3.8) is 0 Å². The third kappa shape index (κ3) is 11.5. The molecule has 316 valence electrons. The van der Waals surface area contributed by atoms with Crippen molar-refractivity contribution in [3.8, 4) is 33.8 Å². The summed E-state index contributed by atoms with van der Waals surface area (Å²) >= 11 is 30.0. The monoisotopic (exact) mass is 1040 g/mol. The Kier molecular flexibility index (Phi) is 16.9. The minimum atomic E-state index is -0.947. The topological polar surface area (TPSA) is 173 Å². The molecule has 0 aromatic heterocycles. The van der Waals surface area contributed by atoms with Crippen LogP contribution in [0.25, 0.3) is 22.3 Å². The lowest BCUT2D eigenvalue weighted by molar-refractivity contribution is -0.385. The van der Waals surface area contributed by atoms with Gasteiger partial charge < -0.3 is 9.47 Å². The number of hydrogen-bond donors (Lipinski definition) is 0. The average molecular weight is 1050 g/mol. The van der Waals surface area contributed by atoms with E-state index < -0.39 is 37.5 Å². The first-order valence-electron chi connectivity index (χ1n) is 17.8. The van der Waals surface area contributed by atoms with Crippen LogP contribution in [0.5, 0.6) is 11.5 Å². The number of nitrogens with zero attached hydrogens (tertiary/aromatic N) is 2. The van der Waals surface area contributed by atoms with E-state index in [-0.39, 0.29) is 79.0 Å². The molecule has 0 heterocycles. The Morgan fingerprint density at radius 3 is 1.29 bits per heavy atom. The van der Waals surface area contributed by atoms with Gasteiger partial charge in [0, 0.05) is 11.1 Å². The Hall–Kier alpha value is -5.48. The third-order valence-corrected chi connectivity index (χ3v) is 10.9. The number of rotatable bonds is 16. The van der Waals surface area contributed by atoms with Gasteiger partial charge in [0.25, 0.3) is 10.5 Å². The van der Waals surface area contributed by atoms with Gasteiger partial charge in [-0.3, -0.25) is 39.4 Å². The van der Waals surface area contributed by atoms with E-state index in [4.69, 9.17) is 55.9 Å². The number of alkyl halides is 2. The standard InChI is InChI=1S/C23H16Br2ClNO5.C21H12Cl3NO5/c24-11-19(28)15-6-8-16(9-7-15)21-18(26)10-17(20(29)12-25)23(22(21)27(30)31)32-13-14-4-2-1-3-5-14;22-16-10-15(21(24)27)19(30-11-12-4-2-1-3-5-12)18(25(28)29)17(16)13-6-8-14(9-7-13)20(23)26/h1-10H,11-13H2;1-10H,11H2. The number of nitro groups is 2. The SMILES string of the molecule is O=C(CBr)c1ccc(-c2c(Cl)cc(C(=O)CBr)c(OCc3ccccc3)c2[N+](=O)[O-])cc1.O=C(Cl)c1ccc(-c2c(Cl)cc(C(=O)Cl)c(OCc3ccccc3)c2[N+](=O)[O-])cc1. The molecule has 62 heavy (non-hydrogen) atoms. The average Bonchev–Trinajstić information content (AvgIpc) is 3.27. The van der Waals surface area contributed by atoms with Crippen molar-refractivity contribution < 1.29 is 38.5 Å². The molecular formula is C44H28Br2Cl4N2O10. The Labute approximate surface area is 390 Å². The van der Waals surface area contributed by atoms with Gasteiger partial charge in [-0.05, 0) is 69.7 Å². The number of Topliss-reactive ketones (excluding diaryl/α,β-unsaturated/α-hetero) is 2. The summed E-state index contributed by atoms with van der Waals surface area (Å²) in [4.78, 5) is 70.4. The summed E-state index contributed by atoms with van der Waals surface area (Å²) in [7, 11) is 0. The molecule has 0 aliphatic heterocycles. The van der Waals surface area contributed by atoms with Crippen LogP contribution in [0, 0.1) is 20.2 Å². The molecule has 0 saturated heterocycles. The third-order valence-electron chi connectivity index (χ3n) is 8.88. The zero-order chi connectivity index (χ0) is 45.1. The van der Waals surface area contributed by atoms with Gasteiger partial charge in [0.15, 0.2) is 11.6 Å². The second-order valence-corrected chi connectivity index (χ2v) is 15.4. The van der Waals surface area contributed by atoms with Crippen LogP contribution in [-0.4, -0.2) is 42.6 Å². The van der Waals surface area contributed by atoms with Crippen molar-refractivity contribution in [3.05, 3.63) is 185 Å². The fourth-order valence-electron chi connectivity index (χ4n) is 5.98. The molecule has 6 aromatic carbocycles. The van der Waals surface area contributed by atoms with Gasteiger partial charge in [-0.2, -0.15) is 0 Å². The molecule has 0 aliphatic carbocycles. The number of hydrogen-bond acceptors (Lipinski definition) is 10. The van der Waals surface area contributed by atoms with Crippen molar-refractivity contribution >= 4 is 112 Å². The van der Waals surface area contributed by atoms with Crippen molar-refractivity contribution in [1.29, 1.82) is 0 Å². The molecule has 0 saturated carbocycles. The van der Waals surface area contributed by atoms with Crippen LogP contribution in [0.4, 0.5) is 11.4 Å². The highest BCUT2D eigenvalue weighted by molar-refractivity contribution is 9.09. The fourth-order valence-corrected chi connectivity index (χ4v) is 7.49. The van der Waals surface area contributed by atoms with E-state index in [0.29, 0.717) is 16.7 Å². The maximum Gasteiger partial charge on any atom is 0.321 e. The minimum Gasteiger partial charge on any atom is -0.481 e. The summed E-state index contributed by atoms with van der Waals surface area (Å²) in [6, 6.07) is 32.7. The second-order valence-electron chi connectivity index (χ2n) is 12.8. The lowest BCUT2D eigenvalue weighted by Crippen LogP contribution is -2.09. The molecule has 12 nitrogen and oxygen atoms in total. The van der Waals surface area contributed by atoms with E-state index in [1.165, 1.54) is 36.4 Å². The first kappa shape index (κ1) is 47.6. The number of ketones is 2. The fraction of sp³-hybridized carbons (Fsp3) is 0.0909. The number of carbonyl (C=O) groups is 4. The predicted octanol–water partition coefficient (Wildman–Crippen LogP) is 12.9. The molecule has 0 bridgehead atoms. The smallest absolute Gasteiger partial charge is 0.321 e. The Morgan fingerprint density at radius 2 is 0.919 bits per heavy atom. The molecule has 6 rings (SSSR count). The van der Waals surface area contributed by atoms with Gasteiger partial charge in [-0.15, -0.1) is 0 Å². The largest absolute Gasteiger partial charge is 0.481 e. The van der Waals surface area contributed by atoms with E-state index in [1.807, 2.05) is 36.4 Å². The lowest BCUT2D eigenvalue weighted by atomic mass is 9.97. The summed E-state index contributed by atoms with van der Waals surface area (Å²) in [6.45, 7) is 0.00359. The molecule has 0 unspecified atom stereocenters. The molecule has 0 N–H and O–H groups in total. The molecule has 0 atom stereocenters. The molecule has 0 aliphatic rings. The number of carbonyl (C=O) groups excluding carboxylic acids is 4. The van der Waals surface area contributed by atoms with E-state index in [0.717, 1.165) is 11.1 Å². The van der Waals surface area contributed by atoms with Crippen molar-refractivity contribution in [1.82, 2.24) is 0 Å². The zero-order valence-electron chi connectivity index (χ0n) is 31.6. The quantitative estimate of drug-likeness (QED) is 0.0298. The van der Waals surface area contributed by atoms with Crippen LogP contribution in [0.1, 0.15) is 52.6 Å². The number of ether oxygens (including phenoxy) is 2. The van der Waals surface area contributed by atoms with E-state index in [2.05, 4.69) is 31.9 Å². The van der Waals surface area contributed by atoms with Crippen LogP contribution >= 0.6 is 78.3 Å².